The van der Waals surface area contributed by atoms with Gasteiger partial charge in [-0.2, -0.15) is 0 Å². The van der Waals surface area contributed by atoms with Gasteiger partial charge in [0.2, 0.25) is 0 Å². The Hall–Kier alpha value is -0.633. The molecule has 0 aliphatic carbocycles. The van der Waals surface area contributed by atoms with Gasteiger partial charge in [-0.25, -0.2) is 4.79 Å². The van der Waals surface area contributed by atoms with Crippen molar-refractivity contribution in [1.82, 2.24) is 5.32 Å². The molecule has 0 bridgehead atoms. The molecule has 0 rings (SSSR count). The molecule has 3 N–H and O–H groups in total. The summed E-state index contributed by atoms with van der Waals surface area (Å²) < 4.78 is 16.0. The Labute approximate surface area is 111 Å². The highest BCUT2D eigenvalue weighted by Crippen LogP contribution is 2.17. The van der Waals surface area contributed by atoms with Crippen LogP contribution in [0.5, 0.6) is 0 Å². The predicted molar refractivity (Wildman–Crippen MR) is 72.3 cm³/mol. The van der Waals surface area contributed by atoms with E-state index in [0.717, 1.165) is 38.1 Å². The summed E-state index contributed by atoms with van der Waals surface area (Å²) in [5.41, 5.74) is 4.96. The minimum absolute atomic E-state index is 0.453. The molecule has 0 unspecified atom stereocenters. The largest absolute Gasteiger partial charge is 0.500 e. The monoisotopic (exact) mass is 278 g/mol. The average Bonchev–Trinajstić information content (AvgIpc) is 2.38. The quantitative estimate of drug-likeness (QED) is 0.443. The van der Waals surface area contributed by atoms with Gasteiger partial charge < -0.3 is 24.3 Å². The summed E-state index contributed by atoms with van der Waals surface area (Å²) >= 11 is 0. The zero-order chi connectivity index (χ0) is 13.9. The van der Waals surface area contributed by atoms with Gasteiger partial charge >= 0.3 is 14.8 Å². The Morgan fingerprint density at radius 1 is 1.00 bits per heavy atom. The van der Waals surface area contributed by atoms with E-state index in [4.69, 9.17) is 19.0 Å². The van der Waals surface area contributed by atoms with Crippen molar-refractivity contribution in [3.05, 3.63) is 0 Å². The second kappa shape index (κ2) is 10.3. The zero-order valence-electron chi connectivity index (χ0n) is 11.7. The minimum Gasteiger partial charge on any atom is -0.377 e. The number of rotatable bonds is 11. The first kappa shape index (κ1) is 17.4. The van der Waals surface area contributed by atoms with Crippen molar-refractivity contribution in [3.8, 4) is 0 Å². The standard InChI is InChI=1S/C11H26N2O4Si/c1-15-18(16-2,17-3)10-8-6-4-5-7-9-13-11(12)14/h4-10H2,1-3H3,(H3,12,13,14). The van der Waals surface area contributed by atoms with Gasteiger partial charge in [-0.1, -0.05) is 19.3 Å². The normalized spacial score (nSPS) is 11.5. The van der Waals surface area contributed by atoms with Crippen LogP contribution in [0.25, 0.3) is 0 Å². The van der Waals surface area contributed by atoms with Crippen LogP contribution in [0.4, 0.5) is 4.79 Å². The van der Waals surface area contributed by atoms with Crippen LogP contribution < -0.4 is 11.1 Å². The van der Waals surface area contributed by atoms with Gasteiger partial charge in [0, 0.05) is 33.9 Å². The number of amides is 2. The molecule has 0 saturated heterocycles. The van der Waals surface area contributed by atoms with Gasteiger partial charge in [-0.15, -0.1) is 0 Å². The Balaban J connectivity index is 3.47. The second-order valence-corrected chi connectivity index (χ2v) is 7.19. The van der Waals surface area contributed by atoms with E-state index < -0.39 is 14.8 Å². The summed E-state index contributed by atoms with van der Waals surface area (Å²) in [6.07, 6.45) is 5.32. The number of unbranched alkanes of at least 4 members (excludes halogenated alkanes) is 4. The molecule has 7 heteroatoms. The van der Waals surface area contributed by atoms with E-state index in [1.54, 1.807) is 21.3 Å². The molecule has 6 nitrogen and oxygen atoms in total. The molecule has 0 aliphatic heterocycles. The fraction of sp³-hybridized carbons (Fsp3) is 0.909. The molecular weight excluding hydrogens is 252 g/mol. The topological polar surface area (TPSA) is 82.8 Å². The van der Waals surface area contributed by atoms with Gasteiger partial charge in [0.1, 0.15) is 0 Å². The van der Waals surface area contributed by atoms with Crippen molar-refractivity contribution in [1.29, 1.82) is 0 Å². The number of carbonyl (C=O) groups excluding carboxylic acids is 1. The van der Waals surface area contributed by atoms with Gasteiger partial charge in [0.25, 0.3) is 0 Å². The van der Waals surface area contributed by atoms with Crippen molar-refractivity contribution in [2.75, 3.05) is 27.9 Å². The van der Waals surface area contributed by atoms with Crippen molar-refractivity contribution in [2.24, 2.45) is 5.73 Å². The SMILES string of the molecule is CO[Si](CCCCCCCNC(N)=O)(OC)OC. The summed E-state index contributed by atoms with van der Waals surface area (Å²) in [5, 5.41) is 2.57. The van der Waals surface area contributed by atoms with Crippen LogP contribution in [0.2, 0.25) is 6.04 Å². The van der Waals surface area contributed by atoms with Crippen LogP contribution in [0.15, 0.2) is 0 Å². The number of nitrogens with one attached hydrogen (secondary N) is 1. The lowest BCUT2D eigenvalue weighted by molar-refractivity contribution is 0.122. The molecule has 0 aliphatic rings. The van der Waals surface area contributed by atoms with Crippen LogP contribution in [0.1, 0.15) is 32.1 Å². The summed E-state index contributed by atoms with van der Waals surface area (Å²) in [5.74, 6) is 0. The number of hydrogen-bond donors (Lipinski definition) is 2. The third-order valence-corrected chi connectivity index (χ3v) is 5.72. The van der Waals surface area contributed by atoms with Crippen molar-refractivity contribution < 1.29 is 18.1 Å². The Bertz CT molecular complexity index is 217. The number of urea groups is 1. The molecule has 2 amide bonds. The third-order valence-electron chi connectivity index (χ3n) is 2.89. The van der Waals surface area contributed by atoms with E-state index in [-0.39, 0.29) is 0 Å². The van der Waals surface area contributed by atoms with E-state index in [9.17, 15) is 4.79 Å². The fourth-order valence-corrected chi connectivity index (χ4v) is 3.56. The summed E-state index contributed by atoms with van der Waals surface area (Å²) in [6, 6.07) is 0.391. The Kier molecular flexibility index (Phi) is 9.94. The van der Waals surface area contributed by atoms with Gasteiger partial charge in [0.15, 0.2) is 0 Å². The molecule has 0 heterocycles. The molecule has 0 radical (unpaired) electrons. The highest BCUT2D eigenvalue weighted by atomic mass is 28.4. The summed E-state index contributed by atoms with van der Waals surface area (Å²) in [7, 11) is 2.52. The molecule has 0 aromatic heterocycles. The fourth-order valence-electron chi connectivity index (χ4n) is 1.76. The van der Waals surface area contributed by atoms with E-state index in [0.29, 0.717) is 6.54 Å². The first-order chi connectivity index (χ1) is 8.60. The number of nitrogens with two attached hydrogens (primary N) is 1. The van der Waals surface area contributed by atoms with E-state index >= 15 is 0 Å². The van der Waals surface area contributed by atoms with Crippen LogP contribution in [0.3, 0.4) is 0 Å². The molecular formula is C11H26N2O4Si. The summed E-state index contributed by atoms with van der Waals surface area (Å²) in [4.78, 5) is 10.4. The maximum atomic E-state index is 10.4. The maximum Gasteiger partial charge on any atom is 0.500 e. The van der Waals surface area contributed by atoms with Crippen molar-refractivity contribution in [2.45, 2.75) is 38.1 Å². The van der Waals surface area contributed by atoms with Crippen LogP contribution in [0, 0.1) is 0 Å². The first-order valence-electron chi connectivity index (χ1n) is 6.29. The van der Waals surface area contributed by atoms with E-state index in [1.165, 1.54) is 0 Å². The lowest BCUT2D eigenvalue weighted by Gasteiger charge is -2.24. The van der Waals surface area contributed by atoms with Crippen molar-refractivity contribution >= 4 is 14.8 Å². The average molecular weight is 278 g/mol. The second-order valence-electron chi connectivity index (χ2n) is 4.10. The van der Waals surface area contributed by atoms with Crippen LogP contribution in [-0.4, -0.2) is 42.7 Å². The maximum absolute atomic E-state index is 10.4. The molecule has 108 valence electrons. The third kappa shape index (κ3) is 7.65. The van der Waals surface area contributed by atoms with Crippen molar-refractivity contribution in [3.63, 3.8) is 0 Å². The molecule has 0 aromatic carbocycles. The van der Waals surface area contributed by atoms with Gasteiger partial charge in [-0.3, -0.25) is 0 Å². The lowest BCUT2D eigenvalue weighted by atomic mass is 10.1. The smallest absolute Gasteiger partial charge is 0.377 e. The molecule has 18 heavy (non-hydrogen) atoms. The zero-order valence-corrected chi connectivity index (χ0v) is 12.7. The van der Waals surface area contributed by atoms with Gasteiger partial charge in [-0.05, 0) is 12.8 Å². The molecule has 0 fully saturated rings. The summed E-state index contributed by atoms with van der Waals surface area (Å²) in [6.45, 7) is 0.655. The molecule has 0 atom stereocenters. The lowest BCUT2D eigenvalue weighted by Crippen LogP contribution is -2.42. The predicted octanol–water partition coefficient (Wildman–Crippen LogP) is 1.48. The molecule has 0 spiro atoms. The highest BCUT2D eigenvalue weighted by Gasteiger charge is 2.36. The number of carbonyl (C=O) groups is 1. The number of primary amides is 1. The minimum atomic E-state index is -2.38. The van der Waals surface area contributed by atoms with Gasteiger partial charge in [0.05, 0.1) is 0 Å². The Morgan fingerprint density at radius 3 is 2.00 bits per heavy atom. The Morgan fingerprint density at radius 2 is 1.50 bits per heavy atom. The van der Waals surface area contributed by atoms with Crippen LogP contribution >= 0.6 is 0 Å². The molecule has 0 aromatic rings. The van der Waals surface area contributed by atoms with Crippen LogP contribution in [-0.2, 0) is 13.3 Å². The first-order valence-corrected chi connectivity index (χ1v) is 8.22. The van der Waals surface area contributed by atoms with E-state index in [2.05, 4.69) is 5.32 Å². The van der Waals surface area contributed by atoms with E-state index in [1.807, 2.05) is 0 Å². The molecule has 0 saturated carbocycles. The highest BCUT2D eigenvalue weighted by molar-refractivity contribution is 6.60. The number of hydrogen-bond acceptors (Lipinski definition) is 4.